The molecule has 1 heterocycles. The Bertz CT molecular complexity index is 999. The van der Waals surface area contributed by atoms with Gasteiger partial charge in [-0.15, -0.1) is 0 Å². The van der Waals surface area contributed by atoms with Gasteiger partial charge in [-0.1, -0.05) is 25.1 Å². The molecule has 1 atom stereocenters. The number of anilines is 1. The number of carbonyl (C=O) groups excluding carboxylic acids is 2. The van der Waals surface area contributed by atoms with E-state index in [0.717, 1.165) is 0 Å². The molecule has 0 spiro atoms. The number of benzene rings is 2. The summed E-state index contributed by atoms with van der Waals surface area (Å²) in [6, 6.07) is 12.1. The summed E-state index contributed by atoms with van der Waals surface area (Å²) >= 11 is 0. The smallest absolute Gasteiger partial charge is 0.252 e. The van der Waals surface area contributed by atoms with Crippen molar-refractivity contribution >= 4 is 17.5 Å². The van der Waals surface area contributed by atoms with Gasteiger partial charge in [0.2, 0.25) is 5.91 Å². The van der Waals surface area contributed by atoms with Gasteiger partial charge in [0.15, 0.2) is 0 Å². The van der Waals surface area contributed by atoms with Crippen LogP contribution in [0.2, 0.25) is 0 Å². The molecule has 2 amide bonds. The Morgan fingerprint density at radius 1 is 1.18 bits per heavy atom. The van der Waals surface area contributed by atoms with Crippen molar-refractivity contribution in [2.24, 2.45) is 7.05 Å². The lowest BCUT2D eigenvalue weighted by Crippen LogP contribution is -2.31. The van der Waals surface area contributed by atoms with Crippen LogP contribution >= 0.6 is 0 Å². The summed E-state index contributed by atoms with van der Waals surface area (Å²) < 4.78 is 15.5. The zero-order valence-corrected chi connectivity index (χ0v) is 15.6. The fourth-order valence-electron chi connectivity index (χ4n) is 2.84. The average molecular weight is 380 g/mol. The van der Waals surface area contributed by atoms with E-state index in [-0.39, 0.29) is 11.8 Å². The van der Waals surface area contributed by atoms with E-state index in [1.54, 1.807) is 60.3 Å². The Labute approximate surface area is 162 Å². The summed E-state index contributed by atoms with van der Waals surface area (Å²) in [4.78, 5) is 28.8. The highest BCUT2D eigenvalue weighted by molar-refractivity contribution is 5.97. The van der Waals surface area contributed by atoms with E-state index in [9.17, 15) is 14.0 Å². The van der Waals surface area contributed by atoms with Crippen molar-refractivity contribution < 1.29 is 14.0 Å². The Morgan fingerprint density at radius 3 is 2.64 bits per heavy atom. The monoisotopic (exact) mass is 380 g/mol. The number of nitrogens with one attached hydrogen (secondary N) is 2. The zero-order valence-electron chi connectivity index (χ0n) is 15.6. The number of imidazole rings is 1. The van der Waals surface area contributed by atoms with Gasteiger partial charge in [0.05, 0.1) is 0 Å². The normalized spacial score (nSPS) is 11.7. The molecule has 3 aromatic rings. The number of carbonyl (C=O) groups is 2. The van der Waals surface area contributed by atoms with E-state index in [2.05, 4.69) is 15.6 Å². The number of aryl methyl sites for hydroxylation is 1. The van der Waals surface area contributed by atoms with Gasteiger partial charge in [0.25, 0.3) is 5.91 Å². The van der Waals surface area contributed by atoms with Gasteiger partial charge in [-0.3, -0.25) is 9.59 Å². The maximum Gasteiger partial charge on any atom is 0.252 e. The summed E-state index contributed by atoms with van der Waals surface area (Å²) in [5, 5.41) is 5.64. The molecule has 1 unspecified atom stereocenters. The number of rotatable bonds is 6. The third kappa shape index (κ3) is 4.43. The van der Waals surface area contributed by atoms with Crippen molar-refractivity contribution in [1.29, 1.82) is 0 Å². The van der Waals surface area contributed by atoms with Crippen LogP contribution in [0.5, 0.6) is 0 Å². The molecule has 2 N–H and O–H groups in total. The van der Waals surface area contributed by atoms with Crippen LogP contribution in [0, 0.1) is 5.82 Å². The second-order valence-electron chi connectivity index (χ2n) is 6.34. The largest absolute Gasteiger partial charge is 0.338 e. The van der Waals surface area contributed by atoms with Crippen LogP contribution in [-0.2, 0) is 11.8 Å². The summed E-state index contributed by atoms with van der Waals surface area (Å²) in [5.41, 5.74) is 1.50. The third-order valence-electron chi connectivity index (χ3n) is 4.30. The summed E-state index contributed by atoms with van der Waals surface area (Å²) in [7, 11) is 1.81. The lowest BCUT2D eigenvalue weighted by molar-refractivity contribution is -0.115. The van der Waals surface area contributed by atoms with E-state index in [0.29, 0.717) is 29.1 Å². The number of hydrogen-bond donors (Lipinski definition) is 2. The molecule has 0 aliphatic heterocycles. The highest BCUT2D eigenvalue weighted by Gasteiger charge is 2.22. The average Bonchev–Trinajstić information content (AvgIpc) is 3.11. The second-order valence-corrected chi connectivity index (χ2v) is 6.34. The van der Waals surface area contributed by atoms with Gasteiger partial charge in [0, 0.05) is 37.1 Å². The van der Waals surface area contributed by atoms with Crippen LogP contribution in [0.3, 0.4) is 0 Å². The number of halogens is 1. The maximum atomic E-state index is 13.8. The van der Waals surface area contributed by atoms with Crippen LogP contribution in [0.15, 0.2) is 60.9 Å². The first-order chi connectivity index (χ1) is 13.5. The van der Waals surface area contributed by atoms with Gasteiger partial charge in [-0.25, -0.2) is 9.37 Å². The Balaban J connectivity index is 1.89. The lowest BCUT2D eigenvalue weighted by atomic mass is 10.0. The Hall–Kier alpha value is -3.48. The second kappa shape index (κ2) is 8.47. The van der Waals surface area contributed by atoms with Crippen LogP contribution in [0.25, 0.3) is 0 Å². The van der Waals surface area contributed by atoms with E-state index in [4.69, 9.17) is 0 Å². The lowest BCUT2D eigenvalue weighted by Gasteiger charge is -2.19. The maximum absolute atomic E-state index is 13.8. The van der Waals surface area contributed by atoms with Gasteiger partial charge in [0.1, 0.15) is 17.7 Å². The van der Waals surface area contributed by atoms with Crippen molar-refractivity contribution in [2.75, 3.05) is 5.32 Å². The fourth-order valence-corrected chi connectivity index (χ4v) is 2.84. The molecule has 0 aliphatic carbocycles. The highest BCUT2D eigenvalue weighted by Crippen LogP contribution is 2.22. The first-order valence-electron chi connectivity index (χ1n) is 8.91. The molecule has 0 saturated carbocycles. The number of hydrogen-bond acceptors (Lipinski definition) is 3. The van der Waals surface area contributed by atoms with Gasteiger partial charge in [-0.05, 0) is 35.9 Å². The van der Waals surface area contributed by atoms with E-state index < -0.39 is 11.9 Å². The molecular weight excluding hydrogens is 359 g/mol. The minimum absolute atomic E-state index is 0.136. The minimum atomic E-state index is -0.628. The molecule has 0 saturated heterocycles. The predicted molar refractivity (Wildman–Crippen MR) is 104 cm³/mol. The number of nitrogens with zero attached hydrogens (tertiary/aromatic N) is 2. The minimum Gasteiger partial charge on any atom is -0.338 e. The quantitative estimate of drug-likeness (QED) is 0.688. The molecule has 2 aromatic carbocycles. The topological polar surface area (TPSA) is 76.0 Å². The zero-order chi connectivity index (χ0) is 20.1. The van der Waals surface area contributed by atoms with Crippen molar-refractivity contribution in [2.45, 2.75) is 19.4 Å². The first kappa shape index (κ1) is 19.3. The van der Waals surface area contributed by atoms with Crippen molar-refractivity contribution in [3.05, 3.63) is 83.7 Å². The molecule has 0 aliphatic rings. The van der Waals surface area contributed by atoms with Gasteiger partial charge in [-0.2, -0.15) is 0 Å². The predicted octanol–water partition coefficient (Wildman–Crippen LogP) is 3.43. The Morgan fingerprint density at radius 2 is 1.96 bits per heavy atom. The molecule has 6 nitrogen and oxygen atoms in total. The summed E-state index contributed by atoms with van der Waals surface area (Å²) in [6.45, 7) is 1.75. The fraction of sp³-hybridized carbons (Fsp3) is 0.190. The SMILES string of the molecule is CCC(=O)Nc1cccc(C(=O)NC(c2cccc(F)c2)c2nccn2C)c1. The molecule has 0 fully saturated rings. The number of amides is 2. The molecular formula is C21H21FN4O2. The molecule has 1 aromatic heterocycles. The van der Waals surface area contributed by atoms with E-state index >= 15 is 0 Å². The molecule has 28 heavy (non-hydrogen) atoms. The molecule has 0 radical (unpaired) electrons. The van der Waals surface area contributed by atoms with Gasteiger partial charge >= 0.3 is 0 Å². The van der Waals surface area contributed by atoms with Crippen LogP contribution in [0.1, 0.15) is 41.1 Å². The Kier molecular flexibility index (Phi) is 5.84. The van der Waals surface area contributed by atoms with Crippen LogP contribution in [0.4, 0.5) is 10.1 Å². The highest BCUT2D eigenvalue weighted by atomic mass is 19.1. The molecule has 7 heteroatoms. The summed E-state index contributed by atoms with van der Waals surface area (Å²) in [6.07, 6.45) is 3.72. The number of aromatic nitrogens is 2. The van der Waals surface area contributed by atoms with Gasteiger partial charge < -0.3 is 15.2 Å². The third-order valence-corrected chi connectivity index (χ3v) is 4.30. The molecule has 3 rings (SSSR count). The molecule has 144 valence electrons. The van der Waals surface area contributed by atoms with Crippen LogP contribution < -0.4 is 10.6 Å². The van der Waals surface area contributed by atoms with Crippen LogP contribution in [-0.4, -0.2) is 21.4 Å². The van der Waals surface area contributed by atoms with Crippen molar-refractivity contribution in [3.8, 4) is 0 Å². The van der Waals surface area contributed by atoms with Crippen molar-refractivity contribution in [1.82, 2.24) is 14.9 Å². The van der Waals surface area contributed by atoms with E-state index in [1.165, 1.54) is 12.1 Å². The first-order valence-corrected chi connectivity index (χ1v) is 8.91. The summed E-state index contributed by atoms with van der Waals surface area (Å²) in [5.74, 6) is -0.308. The van der Waals surface area contributed by atoms with Crippen molar-refractivity contribution in [3.63, 3.8) is 0 Å². The van der Waals surface area contributed by atoms with E-state index in [1.807, 2.05) is 7.05 Å². The molecule has 0 bridgehead atoms. The standard InChI is InChI=1S/C21H21FN4O2/c1-3-18(27)24-17-9-5-7-15(13-17)21(28)25-19(20-23-10-11-26(20)2)14-6-4-8-16(22)12-14/h4-13,19H,3H2,1-2H3,(H,24,27)(H,25,28).